The first-order valence-corrected chi connectivity index (χ1v) is 10.0. The number of ether oxygens (including phenoxy) is 1. The number of amides is 2. The molecular weight excluding hydrogens is 432 g/mol. The highest BCUT2D eigenvalue weighted by atomic mass is 79.9. The van der Waals surface area contributed by atoms with E-state index in [1.807, 2.05) is 37.3 Å². The molecule has 0 bridgehead atoms. The summed E-state index contributed by atoms with van der Waals surface area (Å²) in [6, 6.07) is 21.6. The molecule has 0 fully saturated rings. The minimum Gasteiger partial charge on any atom is -0.494 e. The smallest absolute Gasteiger partial charge is 0.256 e. The third kappa shape index (κ3) is 5.45. The van der Waals surface area contributed by atoms with Gasteiger partial charge in [-0.05, 0) is 64.8 Å². The number of nitrogens with one attached hydrogen (secondary N) is 2. The van der Waals surface area contributed by atoms with Crippen LogP contribution in [0, 0.1) is 0 Å². The van der Waals surface area contributed by atoms with Gasteiger partial charge in [0.2, 0.25) is 0 Å². The summed E-state index contributed by atoms with van der Waals surface area (Å²) in [6.45, 7) is 2.91. The van der Waals surface area contributed by atoms with E-state index in [-0.39, 0.29) is 11.8 Å². The highest BCUT2D eigenvalue weighted by Gasteiger charge is 2.15. The van der Waals surface area contributed by atoms with Crippen molar-refractivity contribution in [2.45, 2.75) is 13.5 Å². The molecule has 29 heavy (non-hydrogen) atoms. The molecule has 0 atom stereocenters. The van der Waals surface area contributed by atoms with E-state index in [2.05, 4.69) is 26.6 Å². The number of benzene rings is 3. The van der Waals surface area contributed by atoms with E-state index in [0.717, 1.165) is 11.3 Å². The Kier molecular flexibility index (Phi) is 7.03. The summed E-state index contributed by atoms with van der Waals surface area (Å²) in [5, 5.41) is 5.71. The SMILES string of the molecule is CCOc1ccc(CNC(=O)c2ccccc2NC(=O)c2ccccc2Br)cc1. The molecule has 3 rings (SSSR count). The normalized spacial score (nSPS) is 10.3. The van der Waals surface area contributed by atoms with Gasteiger partial charge in [-0.25, -0.2) is 0 Å². The fraction of sp³-hybridized carbons (Fsp3) is 0.130. The molecule has 6 heteroatoms. The predicted molar refractivity (Wildman–Crippen MR) is 117 cm³/mol. The van der Waals surface area contributed by atoms with E-state index < -0.39 is 0 Å². The van der Waals surface area contributed by atoms with Gasteiger partial charge in [0.1, 0.15) is 5.75 Å². The fourth-order valence-electron chi connectivity index (χ4n) is 2.77. The Morgan fingerprint density at radius 3 is 2.21 bits per heavy atom. The molecule has 0 saturated carbocycles. The molecule has 0 radical (unpaired) electrons. The first-order valence-electron chi connectivity index (χ1n) is 9.23. The van der Waals surface area contributed by atoms with Crippen LogP contribution in [0.2, 0.25) is 0 Å². The second-order valence-electron chi connectivity index (χ2n) is 6.24. The number of rotatable bonds is 7. The molecule has 0 aliphatic heterocycles. The van der Waals surface area contributed by atoms with Crippen molar-refractivity contribution in [2.75, 3.05) is 11.9 Å². The van der Waals surface area contributed by atoms with Gasteiger partial charge in [-0.2, -0.15) is 0 Å². The van der Waals surface area contributed by atoms with Crippen LogP contribution < -0.4 is 15.4 Å². The maximum absolute atomic E-state index is 12.7. The lowest BCUT2D eigenvalue weighted by Crippen LogP contribution is -2.25. The molecule has 0 aliphatic rings. The average Bonchev–Trinajstić information content (AvgIpc) is 2.74. The zero-order valence-electron chi connectivity index (χ0n) is 15.9. The molecule has 2 amide bonds. The van der Waals surface area contributed by atoms with Crippen LogP contribution in [-0.2, 0) is 6.54 Å². The van der Waals surface area contributed by atoms with E-state index in [1.54, 1.807) is 42.5 Å². The van der Waals surface area contributed by atoms with Crippen molar-refractivity contribution in [2.24, 2.45) is 0 Å². The zero-order chi connectivity index (χ0) is 20.6. The number of anilines is 1. The highest BCUT2D eigenvalue weighted by Crippen LogP contribution is 2.20. The summed E-state index contributed by atoms with van der Waals surface area (Å²) in [7, 11) is 0. The average molecular weight is 453 g/mol. The quantitative estimate of drug-likeness (QED) is 0.528. The van der Waals surface area contributed by atoms with E-state index in [1.165, 1.54) is 0 Å². The number of carbonyl (C=O) groups is 2. The fourth-order valence-corrected chi connectivity index (χ4v) is 3.24. The van der Waals surface area contributed by atoms with Gasteiger partial charge < -0.3 is 15.4 Å². The highest BCUT2D eigenvalue weighted by molar-refractivity contribution is 9.10. The Morgan fingerprint density at radius 2 is 1.52 bits per heavy atom. The molecule has 0 saturated heterocycles. The second kappa shape index (κ2) is 9.89. The number of hydrogen-bond acceptors (Lipinski definition) is 3. The maximum Gasteiger partial charge on any atom is 0.256 e. The van der Waals surface area contributed by atoms with E-state index in [0.29, 0.717) is 34.4 Å². The van der Waals surface area contributed by atoms with Crippen LogP contribution >= 0.6 is 15.9 Å². The molecule has 0 aromatic heterocycles. The van der Waals surface area contributed by atoms with Crippen LogP contribution in [0.25, 0.3) is 0 Å². The molecule has 3 aromatic rings. The van der Waals surface area contributed by atoms with Gasteiger partial charge in [-0.1, -0.05) is 36.4 Å². The van der Waals surface area contributed by atoms with Crippen LogP contribution in [0.3, 0.4) is 0 Å². The Balaban J connectivity index is 1.68. The topological polar surface area (TPSA) is 67.4 Å². The number of hydrogen-bond donors (Lipinski definition) is 2. The van der Waals surface area contributed by atoms with Crippen LogP contribution in [-0.4, -0.2) is 18.4 Å². The molecule has 2 N–H and O–H groups in total. The minimum absolute atomic E-state index is 0.262. The van der Waals surface area contributed by atoms with Crippen LogP contribution in [0.5, 0.6) is 5.75 Å². The Labute approximate surface area is 178 Å². The van der Waals surface area contributed by atoms with Crippen molar-refractivity contribution in [1.82, 2.24) is 5.32 Å². The van der Waals surface area contributed by atoms with Crippen LogP contribution in [0.1, 0.15) is 33.2 Å². The van der Waals surface area contributed by atoms with Crippen molar-refractivity contribution >= 4 is 33.4 Å². The Hall–Kier alpha value is -3.12. The lowest BCUT2D eigenvalue weighted by molar-refractivity contribution is 0.0952. The first kappa shape index (κ1) is 20.6. The molecule has 3 aromatic carbocycles. The van der Waals surface area contributed by atoms with Gasteiger partial charge in [-0.15, -0.1) is 0 Å². The lowest BCUT2D eigenvalue weighted by atomic mass is 10.1. The molecular formula is C23H21BrN2O3. The third-order valence-electron chi connectivity index (χ3n) is 4.23. The minimum atomic E-state index is -0.288. The number of carbonyl (C=O) groups excluding carboxylic acids is 2. The van der Waals surface area contributed by atoms with Gasteiger partial charge in [0.05, 0.1) is 23.4 Å². The van der Waals surface area contributed by atoms with Crippen molar-refractivity contribution < 1.29 is 14.3 Å². The summed E-state index contributed by atoms with van der Waals surface area (Å²) >= 11 is 3.37. The lowest BCUT2D eigenvalue weighted by Gasteiger charge is -2.12. The molecule has 0 spiro atoms. The standard InChI is InChI=1S/C23H21BrN2O3/c1-2-29-17-13-11-16(12-14-17)15-25-22(27)19-8-4-6-10-21(19)26-23(28)18-7-3-5-9-20(18)24/h3-14H,2,15H2,1H3,(H,25,27)(H,26,28). The summed E-state index contributed by atoms with van der Waals surface area (Å²) in [6.07, 6.45) is 0. The van der Waals surface area contributed by atoms with E-state index in [4.69, 9.17) is 4.74 Å². The number of para-hydroxylation sites is 1. The second-order valence-corrected chi connectivity index (χ2v) is 7.09. The largest absolute Gasteiger partial charge is 0.494 e. The molecule has 5 nitrogen and oxygen atoms in total. The van der Waals surface area contributed by atoms with Crippen molar-refractivity contribution in [3.05, 3.63) is 94.0 Å². The van der Waals surface area contributed by atoms with Crippen LogP contribution in [0.4, 0.5) is 5.69 Å². The Bertz CT molecular complexity index is 1000. The maximum atomic E-state index is 12.7. The third-order valence-corrected chi connectivity index (χ3v) is 4.92. The van der Waals surface area contributed by atoms with E-state index in [9.17, 15) is 9.59 Å². The van der Waals surface area contributed by atoms with Gasteiger partial charge in [0, 0.05) is 11.0 Å². The van der Waals surface area contributed by atoms with Gasteiger partial charge >= 0.3 is 0 Å². The van der Waals surface area contributed by atoms with Crippen molar-refractivity contribution in [3.63, 3.8) is 0 Å². The molecule has 0 aliphatic carbocycles. The number of halogens is 1. The summed E-state index contributed by atoms with van der Waals surface area (Å²) in [5.41, 5.74) is 2.31. The van der Waals surface area contributed by atoms with Gasteiger partial charge in [0.15, 0.2) is 0 Å². The van der Waals surface area contributed by atoms with Crippen molar-refractivity contribution in [3.8, 4) is 5.75 Å². The summed E-state index contributed by atoms with van der Waals surface area (Å²) in [4.78, 5) is 25.3. The van der Waals surface area contributed by atoms with Crippen LogP contribution in [0.15, 0.2) is 77.3 Å². The Morgan fingerprint density at radius 1 is 0.862 bits per heavy atom. The molecule has 0 heterocycles. The zero-order valence-corrected chi connectivity index (χ0v) is 17.5. The summed E-state index contributed by atoms with van der Waals surface area (Å²) < 4.78 is 6.11. The first-order chi connectivity index (χ1) is 14.1. The van der Waals surface area contributed by atoms with Gasteiger partial charge in [0.25, 0.3) is 11.8 Å². The van der Waals surface area contributed by atoms with E-state index >= 15 is 0 Å². The molecule has 0 unspecified atom stereocenters. The predicted octanol–water partition coefficient (Wildman–Crippen LogP) is 5.03. The summed E-state index contributed by atoms with van der Waals surface area (Å²) in [5.74, 6) is 0.244. The van der Waals surface area contributed by atoms with Gasteiger partial charge in [-0.3, -0.25) is 9.59 Å². The van der Waals surface area contributed by atoms with Crippen molar-refractivity contribution in [1.29, 1.82) is 0 Å². The monoisotopic (exact) mass is 452 g/mol. The molecule has 148 valence electrons.